The highest BCUT2D eigenvalue weighted by molar-refractivity contribution is 6.00. The molecule has 0 aromatic rings. The van der Waals surface area contributed by atoms with E-state index in [1.807, 2.05) is 0 Å². The van der Waals surface area contributed by atoms with Crippen LogP contribution in [0.2, 0.25) is 0 Å². The Hall–Kier alpha value is -1.56. The van der Waals surface area contributed by atoms with Gasteiger partial charge in [0.1, 0.15) is 6.61 Å². The number of carboxylic acid groups (broad SMARTS) is 1. The highest BCUT2D eigenvalue weighted by Gasteiger charge is 2.17. The lowest BCUT2D eigenvalue weighted by molar-refractivity contribution is -0.136. The minimum atomic E-state index is -1.83. The Labute approximate surface area is 61.0 Å². The molecule has 0 bridgehead atoms. The molecule has 0 aliphatic rings. The maximum atomic E-state index is 10.3. The lowest BCUT2D eigenvalue weighted by Crippen LogP contribution is -2.13. The van der Waals surface area contributed by atoms with Gasteiger partial charge in [0.05, 0.1) is 0 Å². The van der Waals surface area contributed by atoms with Gasteiger partial charge in [0.15, 0.2) is 0 Å². The molecule has 0 radical (unpaired) electrons. The normalized spacial score (nSPS) is 12.1. The predicted molar refractivity (Wildman–Crippen MR) is 32.0 cm³/mol. The van der Waals surface area contributed by atoms with E-state index in [0.29, 0.717) is 0 Å². The van der Waals surface area contributed by atoms with Crippen LogP contribution in [-0.4, -0.2) is 38.8 Å². The van der Waals surface area contributed by atoms with Crippen molar-refractivity contribution in [1.29, 1.82) is 0 Å². The highest BCUT2D eigenvalue weighted by atomic mass is 16.4. The molecule has 0 aromatic carbocycles. The minimum absolute atomic E-state index is 1.05. The van der Waals surface area contributed by atoms with E-state index in [0.717, 1.165) is 0 Å². The number of rotatable bonds is 3. The molecule has 0 aliphatic carbocycles. The zero-order valence-corrected chi connectivity index (χ0v) is 5.31. The molecule has 0 saturated heterocycles. The third kappa shape index (κ3) is 2.26. The van der Waals surface area contributed by atoms with Gasteiger partial charge in [-0.15, -0.1) is 0 Å². The van der Waals surface area contributed by atoms with Crippen LogP contribution in [0.1, 0.15) is 0 Å². The van der Waals surface area contributed by atoms with Gasteiger partial charge in [-0.05, 0) is 0 Å². The molecule has 0 heterocycles. The molecule has 0 aliphatic heterocycles. The van der Waals surface area contributed by atoms with Crippen molar-refractivity contribution in [3.63, 3.8) is 0 Å². The molecule has 0 fully saturated rings. The lowest BCUT2D eigenvalue weighted by Gasteiger charge is -1.96. The van der Waals surface area contributed by atoms with Gasteiger partial charge in [-0.25, -0.2) is 4.79 Å². The van der Waals surface area contributed by atoms with E-state index < -0.39 is 29.9 Å². The summed E-state index contributed by atoms with van der Waals surface area (Å²) in [4.78, 5) is 20.1. The standard InChI is InChI=1S/C5H6O6/c6-1-2(7)3(8)4(9)5(10)11/h6,8-9H,1H2,(H,10,11)/b4-3+. The molecular weight excluding hydrogens is 156 g/mol. The lowest BCUT2D eigenvalue weighted by atomic mass is 10.3. The number of ketones is 1. The van der Waals surface area contributed by atoms with Crippen LogP contribution in [0.3, 0.4) is 0 Å². The predicted octanol–water partition coefficient (Wildman–Crippen LogP) is -1.04. The fraction of sp³-hybridized carbons (Fsp3) is 0.200. The summed E-state index contributed by atoms with van der Waals surface area (Å²) in [5.41, 5.74) is 0. The van der Waals surface area contributed by atoms with Crippen LogP contribution in [0.4, 0.5) is 0 Å². The number of Topliss-reactive ketones (excluding diaryl/α,β-unsaturated/α-hetero) is 1. The van der Waals surface area contributed by atoms with E-state index in [1.54, 1.807) is 0 Å². The van der Waals surface area contributed by atoms with E-state index >= 15 is 0 Å². The third-order valence-corrected chi connectivity index (χ3v) is 0.835. The van der Waals surface area contributed by atoms with Crippen molar-refractivity contribution in [2.75, 3.05) is 6.61 Å². The summed E-state index contributed by atoms with van der Waals surface area (Å²) < 4.78 is 0. The molecule has 0 rings (SSSR count). The molecule has 6 heteroatoms. The van der Waals surface area contributed by atoms with E-state index in [-0.39, 0.29) is 0 Å². The van der Waals surface area contributed by atoms with Crippen LogP contribution in [0, 0.1) is 0 Å². The third-order valence-electron chi connectivity index (χ3n) is 0.835. The van der Waals surface area contributed by atoms with Crippen LogP contribution in [0.5, 0.6) is 0 Å². The van der Waals surface area contributed by atoms with Crippen molar-refractivity contribution in [1.82, 2.24) is 0 Å². The van der Waals surface area contributed by atoms with Crippen LogP contribution in [-0.2, 0) is 9.59 Å². The molecule has 0 amide bonds. The van der Waals surface area contributed by atoms with Crippen molar-refractivity contribution in [2.24, 2.45) is 0 Å². The Morgan fingerprint density at radius 3 is 1.73 bits per heavy atom. The van der Waals surface area contributed by atoms with E-state index in [9.17, 15) is 9.59 Å². The molecule has 62 valence electrons. The van der Waals surface area contributed by atoms with Crippen molar-refractivity contribution in [2.45, 2.75) is 0 Å². The first-order valence-electron chi connectivity index (χ1n) is 2.50. The molecule has 0 saturated carbocycles. The summed E-state index contributed by atoms with van der Waals surface area (Å²) in [6.07, 6.45) is 0. The van der Waals surface area contributed by atoms with Gasteiger partial charge in [-0.1, -0.05) is 0 Å². The first-order valence-corrected chi connectivity index (χ1v) is 2.50. The van der Waals surface area contributed by atoms with Crippen molar-refractivity contribution < 1.29 is 30.0 Å². The topological polar surface area (TPSA) is 115 Å². The Balaban J connectivity index is 4.66. The van der Waals surface area contributed by atoms with Crippen LogP contribution < -0.4 is 0 Å². The van der Waals surface area contributed by atoms with E-state index in [4.69, 9.17) is 20.4 Å². The summed E-state index contributed by atoms with van der Waals surface area (Å²) in [5.74, 6) is -5.89. The number of carbonyl (C=O) groups is 2. The zero-order valence-electron chi connectivity index (χ0n) is 5.31. The quantitative estimate of drug-likeness (QED) is 0.311. The van der Waals surface area contributed by atoms with Gasteiger partial charge in [0, 0.05) is 0 Å². The number of aliphatic carboxylic acids is 1. The second kappa shape index (κ2) is 3.57. The number of aliphatic hydroxyl groups excluding tert-OH is 3. The molecular formula is C5H6O6. The molecule has 0 atom stereocenters. The van der Waals surface area contributed by atoms with Gasteiger partial charge in [-0.2, -0.15) is 0 Å². The fourth-order valence-corrected chi connectivity index (χ4v) is 0.308. The number of hydrogen-bond acceptors (Lipinski definition) is 5. The molecule has 11 heavy (non-hydrogen) atoms. The second-order valence-corrected chi connectivity index (χ2v) is 1.58. The van der Waals surface area contributed by atoms with Crippen LogP contribution in [0.15, 0.2) is 11.5 Å². The Morgan fingerprint density at radius 1 is 1.00 bits per heavy atom. The average Bonchev–Trinajstić information content (AvgIpc) is 2.00. The van der Waals surface area contributed by atoms with E-state index in [1.165, 1.54) is 0 Å². The van der Waals surface area contributed by atoms with Crippen molar-refractivity contribution >= 4 is 11.8 Å². The van der Waals surface area contributed by atoms with Crippen molar-refractivity contribution in [3.05, 3.63) is 11.5 Å². The highest BCUT2D eigenvalue weighted by Crippen LogP contribution is 1.98. The summed E-state index contributed by atoms with van der Waals surface area (Å²) in [6, 6.07) is 0. The maximum Gasteiger partial charge on any atom is 0.375 e. The van der Waals surface area contributed by atoms with Crippen LogP contribution in [0.25, 0.3) is 0 Å². The first-order chi connectivity index (χ1) is 5.00. The van der Waals surface area contributed by atoms with Gasteiger partial charge < -0.3 is 20.4 Å². The molecule has 0 spiro atoms. The van der Waals surface area contributed by atoms with Gasteiger partial charge in [0.25, 0.3) is 0 Å². The average molecular weight is 162 g/mol. The Kier molecular flexibility index (Phi) is 3.06. The summed E-state index contributed by atoms with van der Waals surface area (Å²) in [5, 5.41) is 33.0. The summed E-state index contributed by atoms with van der Waals surface area (Å²) in [6.45, 7) is -1.05. The van der Waals surface area contributed by atoms with Gasteiger partial charge in [-0.3, -0.25) is 4.79 Å². The van der Waals surface area contributed by atoms with Gasteiger partial charge >= 0.3 is 5.97 Å². The zero-order chi connectivity index (χ0) is 9.02. The smallest absolute Gasteiger partial charge is 0.375 e. The van der Waals surface area contributed by atoms with E-state index in [2.05, 4.69) is 0 Å². The molecule has 0 aromatic heterocycles. The number of carboxylic acids is 1. The van der Waals surface area contributed by atoms with Gasteiger partial charge in [0.2, 0.25) is 17.3 Å². The SMILES string of the molecule is O=C(O)/C(O)=C(\O)C(=O)CO. The number of carbonyl (C=O) groups excluding carboxylic acids is 1. The summed E-state index contributed by atoms with van der Waals surface area (Å²) in [7, 11) is 0. The number of hydrogen-bond donors (Lipinski definition) is 4. The number of aliphatic hydroxyl groups is 3. The molecule has 6 nitrogen and oxygen atoms in total. The minimum Gasteiger partial charge on any atom is -0.502 e. The first kappa shape index (κ1) is 9.44. The summed E-state index contributed by atoms with van der Waals surface area (Å²) >= 11 is 0. The monoisotopic (exact) mass is 162 g/mol. The Bertz CT molecular complexity index is 215. The van der Waals surface area contributed by atoms with Crippen LogP contribution >= 0.6 is 0 Å². The van der Waals surface area contributed by atoms with Crippen molar-refractivity contribution in [3.8, 4) is 0 Å². The molecule has 0 unspecified atom stereocenters. The maximum absolute atomic E-state index is 10.3. The second-order valence-electron chi connectivity index (χ2n) is 1.58. The molecule has 4 N–H and O–H groups in total. The largest absolute Gasteiger partial charge is 0.502 e. The Morgan fingerprint density at radius 2 is 1.45 bits per heavy atom. The fourth-order valence-electron chi connectivity index (χ4n) is 0.308.